The van der Waals surface area contributed by atoms with Gasteiger partial charge in [0, 0.05) is 87.3 Å². The maximum absolute atomic E-state index is 2.87. The van der Waals surface area contributed by atoms with E-state index in [2.05, 4.69) is 265 Å². The van der Waals surface area contributed by atoms with Gasteiger partial charge in [-0.15, -0.1) is 22.7 Å². The summed E-state index contributed by atoms with van der Waals surface area (Å²) in [7, 11) is 0. The van der Waals surface area contributed by atoms with E-state index in [1.165, 1.54) is 168 Å². The van der Waals surface area contributed by atoms with Crippen molar-refractivity contribution in [1.29, 1.82) is 0 Å². The summed E-state index contributed by atoms with van der Waals surface area (Å²) in [4.78, 5) is 11.2. The first kappa shape index (κ1) is 52.0. The lowest BCUT2D eigenvalue weighted by Gasteiger charge is -2.51. The van der Waals surface area contributed by atoms with Crippen LogP contribution in [0.5, 0.6) is 0 Å². The Morgan fingerprint density at radius 3 is 1.42 bits per heavy atom. The van der Waals surface area contributed by atoms with Crippen molar-refractivity contribution in [3.8, 4) is 0 Å². The van der Waals surface area contributed by atoms with Crippen molar-refractivity contribution in [3.05, 3.63) is 198 Å². The van der Waals surface area contributed by atoms with Crippen LogP contribution in [0.2, 0.25) is 0 Å². The molecular weight excluding hydrogens is 1070 g/mol. The van der Waals surface area contributed by atoms with E-state index in [0.29, 0.717) is 0 Å². The number of nitrogens with zero attached hydrogens (tertiary/aromatic N) is 4. The summed E-state index contributed by atoms with van der Waals surface area (Å²) in [5.41, 5.74) is 22.3. The average Bonchev–Trinajstić information content (AvgIpc) is 1.70. The summed E-state index contributed by atoms with van der Waals surface area (Å²) in [5.74, 6) is 0. The highest BCUT2D eigenvalue weighted by atomic mass is 32.1. The second-order valence-corrected chi connectivity index (χ2v) is 31.2. The molecule has 7 heteroatoms. The maximum Gasteiger partial charge on any atom is 0.252 e. The fourth-order valence-electron chi connectivity index (χ4n) is 17.7. The molecule has 2 aromatic heterocycles. The Bertz CT molecular complexity index is 4670. The lowest BCUT2D eigenvalue weighted by Crippen LogP contribution is -2.61. The van der Waals surface area contributed by atoms with Gasteiger partial charge in [-0.3, -0.25) is 0 Å². The second-order valence-electron chi connectivity index (χ2n) is 29.1. The normalized spacial score (nSPS) is 23.1. The Hall–Kier alpha value is -7.32. The van der Waals surface area contributed by atoms with Crippen LogP contribution in [-0.2, 0) is 21.7 Å². The van der Waals surface area contributed by atoms with Gasteiger partial charge in [0.1, 0.15) is 0 Å². The number of para-hydroxylation sites is 1. The van der Waals surface area contributed by atoms with Crippen LogP contribution in [0.4, 0.5) is 56.9 Å². The smallest absolute Gasteiger partial charge is 0.252 e. The lowest BCUT2D eigenvalue weighted by molar-refractivity contribution is 0.195. The quantitative estimate of drug-likeness (QED) is 0.163. The molecule has 0 amide bonds. The van der Waals surface area contributed by atoms with Gasteiger partial charge in [0.25, 0.3) is 6.71 Å². The largest absolute Gasteiger partial charge is 0.334 e. The summed E-state index contributed by atoms with van der Waals surface area (Å²) in [5, 5.41) is 5.27. The minimum Gasteiger partial charge on any atom is -0.334 e. The van der Waals surface area contributed by atoms with Crippen LogP contribution in [0.15, 0.2) is 176 Å². The first-order valence-corrected chi connectivity index (χ1v) is 33.3. The van der Waals surface area contributed by atoms with E-state index in [-0.39, 0.29) is 39.5 Å². The number of thiophene rings is 2. The first-order valence-electron chi connectivity index (χ1n) is 31.6. The molecular formula is C78H75BN4S2. The summed E-state index contributed by atoms with van der Waals surface area (Å²) in [6.45, 7) is 24.7. The molecule has 6 aliphatic rings. The van der Waals surface area contributed by atoms with E-state index in [4.69, 9.17) is 0 Å². The van der Waals surface area contributed by atoms with Gasteiger partial charge >= 0.3 is 0 Å². The Labute approximate surface area is 510 Å². The molecule has 0 radical (unpaired) electrons. The molecule has 6 heterocycles. The Morgan fingerprint density at radius 2 is 0.824 bits per heavy atom. The van der Waals surface area contributed by atoms with Gasteiger partial charge in [0.15, 0.2) is 0 Å². The lowest BCUT2D eigenvalue weighted by atomic mass is 9.33. The van der Waals surface area contributed by atoms with Crippen molar-refractivity contribution in [2.75, 3.05) is 19.6 Å². The van der Waals surface area contributed by atoms with Gasteiger partial charge in [-0.25, -0.2) is 0 Å². The highest BCUT2D eigenvalue weighted by Gasteiger charge is 2.60. The van der Waals surface area contributed by atoms with E-state index in [1.54, 1.807) is 0 Å². The SMILES string of the molecule is CC(C)(C)c1ccc2c(c1)N(c1cccc3c1sc1ccccc13)c1cc(N3c4ccc(C(C)(C)C)cc4C4(C)CCCCC34C)cc3c1B2c1ccc(N2c4ccccc4C4(C)CCCCC24C)cc1N3c1cccc2c1sc1ccccc12. The van der Waals surface area contributed by atoms with Crippen molar-refractivity contribution < 1.29 is 0 Å². The second kappa shape index (κ2) is 17.7. The number of hydrogen-bond acceptors (Lipinski definition) is 6. The van der Waals surface area contributed by atoms with Crippen LogP contribution in [-0.4, -0.2) is 17.8 Å². The summed E-state index contributed by atoms with van der Waals surface area (Å²) in [6, 6.07) is 70.0. The molecule has 85 heavy (non-hydrogen) atoms. The Balaban J connectivity index is 1.02. The van der Waals surface area contributed by atoms with Gasteiger partial charge < -0.3 is 19.6 Å². The molecule has 2 saturated carbocycles. The van der Waals surface area contributed by atoms with E-state index >= 15 is 0 Å². The fraction of sp³-hybridized carbons (Fsp3) is 0.308. The standard InChI is InChI=1S/C78H75BN4S2/c1-73(2,3)48-34-38-61-57(43-48)76(8)40-18-20-42-78(76,10)83(61)51-46-66-70-67(47-51)81(63-30-22-26-55-53-24-12-16-32-69(53)85-72(55)63)65-45-50(82-60-28-14-13-27-56(60)75(7)39-17-19-41-77(75,82)9)35-37-59(65)79(70)58-36-33-49(74(4,5)6)44-64(58)80(66)62-29-21-25-54-52-23-11-15-31-68(52)84-71(54)62/h11-16,21-38,43-47H,17-20,39-42H2,1-10H3. The molecule has 9 aromatic carbocycles. The molecule has 11 aromatic rings. The molecule has 0 N–H and O–H groups in total. The summed E-state index contributed by atoms with van der Waals surface area (Å²) < 4.78 is 5.29. The zero-order chi connectivity index (χ0) is 57.9. The minimum absolute atomic E-state index is 0.0207. The van der Waals surface area contributed by atoms with E-state index in [0.717, 1.165) is 19.3 Å². The molecule has 0 saturated heterocycles. The zero-order valence-electron chi connectivity index (χ0n) is 51.1. The van der Waals surface area contributed by atoms with Crippen LogP contribution in [0.1, 0.15) is 143 Å². The van der Waals surface area contributed by atoms with Crippen molar-refractivity contribution in [1.82, 2.24) is 0 Å². The third-order valence-electron chi connectivity index (χ3n) is 22.7. The topological polar surface area (TPSA) is 13.0 Å². The average molecular weight is 1140 g/mol. The van der Waals surface area contributed by atoms with Crippen LogP contribution in [0, 0.1) is 0 Å². The van der Waals surface area contributed by atoms with Gasteiger partial charge in [-0.05, 0) is 156 Å². The molecule has 4 atom stereocenters. The highest BCUT2D eigenvalue weighted by molar-refractivity contribution is 7.27. The van der Waals surface area contributed by atoms with Crippen LogP contribution < -0.4 is 36.0 Å². The maximum atomic E-state index is 2.87. The van der Waals surface area contributed by atoms with Crippen molar-refractivity contribution in [2.24, 2.45) is 0 Å². The highest BCUT2D eigenvalue weighted by Crippen LogP contribution is 2.64. The first-order chi connectivity index (χ1) is 40.9. The zero-order valence-corrected chi connectivity index (χ0v) is 52.7. The number of benzene rings is 9. The predicted octanol–water partition coefficient (Wildman–Crippen LogP) is 20.6. The molecule has 2 aliphatic carbocycles. The molecule has 4 aliphatic heterocycles. The van der Waals surface area contributed by atoms with Gasteiger partial charge in [0.05, 0.1) is 31.9 Å². The third kappa shape index (κ3) is 6.92. The monoisotopic (exact) mass is 1140 g/mol. The Kier molecular flexibility index (Phi) is 10.8. The Morgan fingerprint density at radius 1 is 0.376 bits per heavy atom. The molecule has 422 valence electrons. The molecule has 0 bridgehead atoms. The molecule has 2 fully saturated rings. The van der Waals surface area contributed by atoms with Gasteiger partial charge in [-0.2, -0.15) is 0 Å². The minimum atomic E-state index is -0.186. The molecule has 17 rings (SSSR count). The van der Waals surface area contributed by atoms with E-state index in [9.17, 15) is 0 Å². The van der Waals surface area contributed by atoms with Crippen LogP contribution in [0.25, 0.3) is 40.3 Å². The third-order valence-corrected chi connectivity index (χ3v) is 25.1. The van der Waals surface area contributed by atoms with Gasteiger partial charge in [-0.1, -0.05) is 190 Å². The summed E-state index contributed by atoms with van der Waals surface area (Å²) >= 11 is 3.89. The van der Waals surface area contributed by atoms with Crippen molar-refractivity contribution in [2.45, 2.75) is 153 Å². The van der Waals surface area contributed by atoms with E-state index in [1.807, 2.05) is 22.7 Å². The summed E-state index contributed by atoms with van der Waals surface area (Å²) in [6.07, 6.45) is 9.56. The number of rotatable bonds is 4. The fourth-order valence-corrected chi connectivity index (χ4v) is 20.2. The number of anilines is 10. The van der Waals surface area contributed by atoms with E-state index < -0.39 is 0 Å². The number of fused-ring (bicyclic) bond motifs is 16. The van der Waals surface area contributed by atoms with Crippen molar-refractivity contribution >= 4 is 143 Å². The molecule has 4 unspecified atom stereocenters. The van der Waals surface area contributed by atoms with Crippen molar-refractivity contribution in [3.63, 3.8) is 0 Å². The van der Waals surface area contributed by atoms with Gasteiger partial charge in [0.2, 0.25) is 0 Å². The molecule has 4 nitrogen and oxygen atoms in total. The predicted molar refractivity (Wildman–Crippen MR) is 369 cm³/mol. The molecule has 0 spiro atoms. The number of hydrogen-bond donors (Lipinski definition) is 0. The van der Waals surface area contributed by atoms with Crippen LogP contribution >= 0.6 is 22.7 Å². The van der Waals surface area contributed by atoms with Crippen LogP contribution in [0.3, 0.4) is 0 Å².